The van der Waals surface area contributed by atoms with E-state index in [0.717, 1.165) is 24.5 Å². The van der Waals surface area contributed by atoms with Gasteiger partial charge in [0, 0.05) is 18.1 Å². The fraction of sp³-hybridized carbons (Fsp3) is 0.333. The SMILES string of the molecule is CC1CC(N)(c2ccccc2)CCN1C=Cc1ccccc1C(F)(F)F. The summed E-state index contributed by atoms with van der Waals surface area (Å²) in [6.45, 7) is 2.76. The number of likely N-dealkylation sites (tertiary alicyclic amines) is 1. The van der Waals surface area contributed by atoms with E-state index in [2.05, 4.69) is 11.8 Å². The van der Waals surface area contributed by atoms with E-state index < -0.39 is 17.3 Å². The van der Waals surface area contributed by atoms with Crippen molar-refractivity contribution in [3.05, 3.63) is 77.5 Å². The molecule has 0 radical (unpaired) electrons. The highest BCUT2D eigenvalue weighted by atomic mass is 19.4. The monoisotopic (exact) mass is 360 g/mol. The highest BCUT2D eigenvalue weighted by Crippen LogP contribution is 2.35. The summed E-state index contributed by atoms with van der Waals surface area (Å²) >= 11 is 0. The lowest BCUT2D eigenvalue weighted by Gasteiger charge is -2.43. The molecule has 2 aromatic carbocycles. The van der Waals surface area contributed by atoms with Crippen molar-refractivity contribution in [2.45, 2.75) is 37.5 Å². The summed E-state index contributed by atoms with van der Waals surface area (Å²) in [7, 11) is 0. The molecule has 1 saturated heterocycles. The molecule has 2 N–H and O–H groups in total. The minimum absolute atomic E-state index is 0.142. The van der Waals surface area contributed by atoms with E-state index in [0.29, 0.717) is 6.54 Å². The molecule has 0 bridgehead atoms. The molecule has 2 atom stereocenters. The largest absolute Gasteiger partial charge is 0.416 e. The maximum Gasteiger partial charge on any atom is 0.416 e. The molecule has 2 aromatic rings. The summed E-state index contributed by atoms with van der Waals surface area (Å²) < 4.78 is 39.3. The molecule has 2 nitrogen and oxygen atoms in total. The van der Waals surface area contributed by atoms with Gasteiger partial charge in [0.25, 0.3) is 0 Å². The van der Waals surface area contributed by atoms with Crippen molar-refractivity contribution >= 4 is 6.08 Å². The normalized spacial score (nSPS) is 24.2. The smallest absolute Gasteiger partial charge is 0.374 e. The first-order chi connectivity index (χ1) is 12.3. The minimum atomic E-state index is -4.35. The number of nitrogens with two attached hydrogens (primary N) is 1. The van der Waals surface area contributed by atoms with Gasteiger partial charge in [0.2, 0.25) is 0 Å². The molecule has 1 heterocycles. The van der Waals surface area contributed by atoms with Gasteiger partial charge < -0.3 is 10.6 Å². The first kappa shape index (κ1) is 18.5. The maximum atomic E-state index is 13.1. The molecule has 2 unspecified atom stereocenters. The van der Waals surface area contributed by atoms with Gasteiger partial charge in [-0.1, -0.05) is 48.5 Å². The van der Waals surface area contributed by atoms with Crippen LogP contribution in [0.2, 0.25) is 0 Å². The van der Waals surface area contributed by atoms with Crippen LogP contribution in [0.25, 0.3) is 6.08 Å². The zero-order valence-corrected chi connectivity index (χ0v) is 14.7. The molecule has 0 spiro atoms. The van der Waals surface area contributed by atoms with E-state index in [1.165, 1.54) is 12.1 Å². The van der Waals surface area contributed by atoms with Gasteiger partial charge in [0.15, 0.2) is 0 Å². The molecule has 0 aromatic heterocycles. The second-order valence-corrected chi connectivity index (χ2v) is 6.96. The average molecular weight is 360 g/mol. The first-order valence-corrected chi connectivity index (χ1v) is 8.74. The van der Waals surface area contributed by atoms with Crippen LogP contribution in [-0.4, -0.2) is 17.5 Å². The Bertz CT molecular complexity index is 770. The second kappa shape index (κ2) is 7.16. The summed E-state index contributed by atoms with van der Waals surface area (Å²) in [5.74, 6) is 0. The quantitative estimate of drug-likeness (QED) is 0.833. The molecule has 1 aliphatic heterocycles. The van der Waals surface area contributed by atoms with Crippen LogP contribution in [-0.2, 0) is 11.7 Å². The Balaban J connectivity index is 1.75. The molecule has 0 saturated carbocycles. The number of halogens is 3. The predicted octanol–water partition coefficient (Wildman–Crippen LogP) is 5.01. The fourth-order valence-electron chi connectivity index (χ4n) is 3.63. The Labute approximate surface area is 152 Å². The lowest BCUT2D eigenvalue weighted by molar-refractivity contribution is -0.137. The zero-order chi connectivity index (χ0) is 18.8. The molecular weight excluding hydrogens is 337 g/mol. The number of piperidine rings is 1. The van der Waals surface area contributed by atoms with Gasteiger partial charge in [-0.3, -0.25) is 0 Å². The van der Waals surface area contributed by atoms with Crippen molar-refractivity contribution < 1.29 is 13.2 Å². The van der Waals surface area contributed by atoms with Crippen LogP contribution in [0.4, 0.5) is 13.2 Å². The molecule has 3 rings (SSSR count). The number of hydrogen-bond acceptors (Lipinski definition) is 2. The van der Waals surface area contributed by atoms with E-state index in [4.69, 9.17) is 5.73 Å². The zero-order valence-electron chi connectivity index (χ0n) is 14.7. The summed E-state index contributed by atoms with van der Waals surface area (Å²) in [6.07, 6.45) is 0.466. The molecule has 26 heavy (non-hydrogen) atoms. The number of hydrogen-bond donors (Lipinski definition) is 1. The van der Waals surface area contributed by atoms with Crippen LogP contribution in [0.5, 0.6) is 0 Å². The van der Waals surface area contributed by atoms with Crippen LogP contribution in [0.3, 0.4) is 0 Å². The highest BCUT2D eigenvalue weighted by molar-refractivity contribution is 5.54. The van der Waals surface area contributed by atoms with E-state index in [9.17, 15) is 13.2 Å². The summed E-state index contributed by atoms with van der Waals surface area (Å²) in [5, 5.41) is 0. The Morgan fingerprint density at radius 2 is 1.73 bits per heavy atom. The number of alkyl halides is 3. The highest BCUT2D eigenvalue weighted by Gasteiger charge is 2.35. The van der Waals surface area contributed by atoms with Crippen LogP contribution in [0, 0.1) is 0 Å². The van der Waals surface area contributed by atoms with Gasteiger partial charge in [-0.25, -0.2) is 0 Å². The Hall–Kier alpha value is -2.27. The van der Waals surface area contributed by atoms with Crippen molar-refractivity contribution in [3.8, 4) is 0 Å². The summed E-state index contributed by atoms with van der Waals surface area (Å²) in [4.78, 5) is 2.07. The van der Waals surface area contributed by atoms with Crippen molar-refractivity contribution in [1.29, 1.82) is 0 Å². The van der Waals surface area contributed by atoms with Gasteiger partial charge in [0.1, 0.15) is 0 Å². The van der Waals surface area contributed by atoms with Gasteiger partial charge in [0.05, 0.1) is 5.56 Å². The molecule has 0 aliphatic carbocycles. The summed E-state index contributed by atoms with van der Waals surface area (Å²) in [5.41, 5.74) is 6.90. The maximum absolute atomic E-state index is 13.1. The van der Waals surface area contributed by atoms with Gasteiger partial charge >= 0.3 is 6.18 Å². The lowest BCUT2D eigenvalue weighted by Crippen LogP contribution is -2.50. The fourth-order valence-corrected chi connectivity index (χ4v) is 3.63. The second-order valence-electron chi connectivity index (χ2n) is 6.96. The van der Waals surface area contributed by atoms with Gasteiger partial charge in [-0.15, -0.1) is 0 Å². The van der Waals surface area contributed by atoms with Crippen molar-refractivity contribution in [1.82, 2.24) is 4.90 Å². The van der Waals surface area contributed by atoms with Gasteiger partial charge in [-0.05, 0) is 49.2 Å². The van der Waals surface area contributed by atoms with Crippen molar-refractivity contribution in [2.24, 2.45) is 5.73 Å². The third-order valence-corrected chi connectivity index (χ3v) is 5.10. The van der Waals surface area contributed by atoms with Crippen LogP contribution in [0.15, 0.2) is 60.8 Å². The molecular formula is C21H23F3N2. The number of nitrogens with zero attached hydrogens (tertiary/aromatic N) is 1. The number of rotatable bonds is 3. The van der Waals surface area contributed by atoms with Crippen molar-refractivity contribution in [3.63, 3.8) is 0 Å². The Kier molecular flexibility index (Phi) is 5.10. The van der Waals surface area contributed by atoms with Gasteiger partial charge in [-0.2, -0.15) is 13.2 Å². The summed E-state index contributed by atoms with van der Waals surface area (Å²) in [6, 6.07) is 15.8. The number of benzene rings is 2. The van der Waals surface area contributed by atoms with E-state index in [1.54, 1.807) is 18.3 Å². The average Bonchev–Trinajstić information content (AvgIpc) is 2.61. The first-order valence-electron chi connectivity index (χ1n) is 8.74. The van der Waals surface area contributed by atoms with E-state index >= 15 is 0 Å². The minimum Gasteiger partial charge on any atom is -0.374 e. The van der Waals surface area contributed by atoms with Crippen LogP contribution < -0.4 is 5.73 Å². The third kappa shape index (κ3) is 3.93. The molecule has 5 heteroatoms. The lowest BCUT2D eigenvalue weighted by atomic mass is 9.79. The van der Waals surface area contributed by atoms with Crippen LogP contribution in [0.1, 0.15) is 36.5 Å². The van der Waals surface area contributed by atoms with Crippen LogP contribution >= 0.6 is 0 Å². The molecule has 0 amide bonds. The van der Waals surface area contributed by atoms with Crippen molar-refractivity contribution in [2.75, 3.05) is 6.54 Å². The molecule has 1 aliphatic rings. The predicted molar refractivity (Wildman–Crippen MR) is 98.2 cm³/mol. The molecule has 138 valence electrons. The third-order valence-electron chi connectivity index (χ3n) is 5.10. The van der Waals surface area contributed by atoms with E-state index in [-0.39, 0.29) is 11.6 Å². The standard InChI is InChI=1S/C21H23F3N2/c1-16-15-20(25,18-8-3-2-4-9-18)12-14-26(16)13-11-17-7-5-6-10-19(17)21(22,23)24/h2-11,13,16H,12,14-15,25H2,1H3. The molecule has 1 fully saturated rings. The Morgan fingerprint density at radius 1 is 1.08 bits per heavy atom. The Morgan fingerprint density at radius 3 is 2.38 bits per heavy atom. The van der Waals surface area contributed by atoms with E-state index in [1.807, 2.05) is 30.3 Å². The topological polar surface area (TPSA) is 29.3 Å².